The predicted molar refractivity (Wildman–Crippen MR) is 181 cm³/mol. The Labute approximate surface area is 337 Å². The molecule has 0 saturated heterocycles. The lowest BCUT2D eigenvalue weighted by Crippen LogP contribution is -2.81. The first-order valence-electron chi connectivity index (χ1n) is 16.9. The summed E-state index contributed by atoms with van der Waals surface area (Å²) in [5.74, 6) is -71.1. The summed E-state index contributed by atoms with van der Waals surface area (Å²) >= 11 is 0. The fraction of sp³-hybridized carbons (Fsp3) is 0.0250. The number of hydrogen-bond donors (Lipinski definition) is 1. The van der Waals surface area contributed by atoms with Crippen LogP contribution in [0.4, 0.5) is 87.8 Å². The van der Waals surface area contributed by atoms with Crippen LogP contribution in [0.2, 0.25) is 0 Å². The van der Waals surface area contributed by atoms with E-state index in [9.17, 15) is 57.8 Å². The van der Waals surface area contributed by atoms with Gasteiger partial charge in [-0.3, -0.25) is 0 Å². The number of aromatic nitrogens is 1. The van der Waals surface area contributed by atoms with Crippen LogP contribution in [0, 0.1) is 116 Å². The largest absolute Gasteiger partial charge is 0.460 e. The average Bonchev–Trinajstić information content (AvgIpc) is 3.27. The Bertz CT molecular complexity index is 2620. The molecule has 0 saturated carbocycles. The molecule has 0 atom stereocenters. The molecule has 63 heavy (non-hydrogen) atoms. The van der Waals surface area contributed by atoms with E-state index in [1.807, 2.05) is 47.0 Å². The van der Waals surface area contributed by atoms with E-state index >= 15 is 35.1 Å². The molecule has 1 heterocycles. The van der Waals surface area contributed by atoms with Gasteiger partial charge in [-0.15, -0.1) is 21.9 Å². The number of para-hydroxylation sites is 1. The molecule has 0 aliphatic carbocycles. The molecule has 6 aromatic carbocycles. The minimum Gasteiger partial charge on any atom is -0.460 e. The minimum absolute atomic E-state index is 0.289. The zero-order chi connectivity index (χ0) is 46.7. The van der Waals surface area contributed by atoms with Crippen LogP contribution in [-0.4, -0.2) is 11.3 Å². The molecular weight excluding hydrogens is 901 g/mol. The molecule has 0 fully saturated rings. The summed E-state index contributed by atoms with van der Waals surface area (Å²) in [7, 11) is 0. The average molecular weight is 915 g/mol. The van der Waals surface area contributed by atoms with Crippen molar-refractivity contribution in [3.05, 3.63) is 189 Å². The van der Waals surface area contributed by atoms with E-state index in [1.54, 1.807) is 6.07 Å². The second kappa shape index (κ2) is 16.8. The molecule has 328 valence electrons. The van der Waals surface area contributed by atoms with Crippen LogP contribution in [0.15, 0.2) is 66.7 Å². The standard InChI is InChI=1S/C24BF20.C16H13NO/c26-5-1(6(27)14(35)21(42)13(5)34)25(2-7(28)15(36)22(43)16(37)8(2)29,3-9(30)17(38)23(44)18(39)10(3)31)4-11(32)19(40)24(45)20(41)12(4)33;18-16-11-10-14-8-4-5-9-15(14)17(16)12-13-6-2-1-3-7-13/h;1-11H,12H2/q-1;/p+1. The third-order valence-electron chi connectivity index (χ3n) is 9.81. The smallest absolute Gasteiger partial charge is 0.366 e. The van der Waals surface area contributed by atoms with Crippen LogP contribution in [0.25, 0.3) is 10.9 Å². The first kappa shape index (κ1) is 45.7. The fourth-order valence-corrected chi connectivity index (χ4v) is 7.06. The maximum atomic E-state index is 15.4. The number of rotatable bonds is 6. The van der Waals surface area contributed by atoms with E-state index in [2.05, 4.69) is 18.2 Å². The number of fused-ring (bicyclic) bond motifs is 1. The van der Waals surface area contributed by atoms with Crippen LogP contribution in [0.1, 0.15) is 5.56 Å². The van der Waals surface area contributed by atoms with Gasteiger partial charge in [0, 0.05) is 17.0 Å². The van der Waals surface area contributed by atoms with Gasteiger partial charge in [0.25, 0.3) is 0 Å². The lowest BCUT2D eigenvalue weighted by Gasteiger charge is -2.44. The summed E-state index contributed by atoms with van der Waals surface area (Å²) in [6.45, 7) is 0.675. The second-order valence-electron chi connectivity index (χ2n) is 13.1. The molecule has 7 rings (SSSR count). The zero-order valence-electron chi connectivity index (χ0n) is 30.1. The van der Waals surface area contributed by atoms with Crippen molar-refractivity contribution < 1.29 is 97.5 Å². The van der Waals surface area contributed by atoms with Gasteiger partial charge in [0.05, 0.1) is 6.07 Å². The van der Waals surface area contributed by atoms with Gasteiger partial charge >= 0.3 is 5.88 Å². The lowest BCUT2D eigenvalue weighted by molar-refractivity contribution is -0.668. The third kappa shape index (κ3) is 7.02. The van der Waals surface area contributed by atoms with E-state index in [0.29, 0.717) is 6.54 Å². The predicted octanol–water partition coefficient (Wildman–Crippen LogP) is 8.73. The highest BCUT2D eigenvalue weighted by molar-refractivity contribution is 7.20. The minimum atomic E-state index is -7.22. The van der Waals surface area contributed by atoms with Gasteiger partial charge in [-0.2, -0.15) is 4.57 Å². The number of pyridine rings is 1. The highest BCUT2D eigenvalue weighted by Crippen LogP contribution is 2.31. The van der Waals surface area contributed by atoms with Gasteiger partial charge in [-0.25, -0.2) is 87.8 Å². The molecule has 0 bridgehead atoms. The van der Waals surface area contributed by atoms with Crippen molar-refractivity contribution in [1.82, 2.24) is 0 Å². The van der Waals surface area contributed by atoms with Crippen molar-refractivity contribution in [3.8, 4) is 5.88 Å². The number of benzene rings is 6. The van der Waals surface area contributed by atoms with Crippen molar-refractivity contribution in [3.63, 3.8) is 0 Å². The van der Waals surface area contributed by atoms with Crippen molar-refractivity contribution in [2.45, 2.75) is 6.54 Å². The Hall–Kier alpha value is -6.81. The molecule has 0 aliphatic rings. The van der Waals surface area contributed by atoms with E-state index in [0.717, 1.165) is 10.9 Å². The van der Waals surface area contributed by atoms with Crippen molar-refractivity contribution >= 4 is 38.9 Å². The molecule has 0 unspecified atom stereocenters. The summed E-state index contributed by atoms with van der Waals surface area (Å²) in [5, 5.41) is 11.2. The topological polar surface area (TPSA) is 24.1 Å². The Morgan fingerprint density at radius 3 is 0.905 bits per heavy atom. The maximum absolute atomic E-state index is 15.4. The van der Waals surface area contributed by atoms with E-state index in [4.69, 9.17) is 0 Å². The van der Waals surface area contributed by atoms with Gasteiger partial charge in [-0.1, -0.05) is 42.5 Å². The van der Waals surface area contributed by atoms with Crippen molar-refractivity contribution in [2.75, 3.05) is 0 Å². The quantitative estimate of drug-likeness (QED) is 0.0584. The molecule has 7 aromatic rings. The highest BCUT2D eigenvalue weighted by Gasteiger charge is 2.52. The van der Waals surface area contributed by atoms with Gasteiger partial charge in [-0.05, 0) is 12.1 Å². The van der Waals surface area contributed by atoms with E-state index in [-0.39, 0.29) is 5.88 Å². The summed E-state index contributed by atoms with van der Waals surface area (Å²) in [6, 6.07) is 21.9. The summed E-state index contributed by atoms with van der Waals surface area (Å²) < 4.78 is 296. The SMILES string of the molecule is Fc1c(F)c(F)c([B-](c2c(F)c(F)c(F)c(F)c2F)(c2c(F)c(F)c(F)c(F)c2F)c2c(F)c(F)c(F)c(F)c2F)c(F)c1F.Oc1ccc2ccccc2[n+]1Cc1ccccc1. The molecule has 0 amide bonds. The maximum Gasteiger partial charge on any atom is 0.366 e. The summed E-state index contributed by atoms with van der Waals surface area (Å²) in [5.41, 5.74) is -12.1. The third-order valence-corrected chi connectivity index (χ3v) is 9.81. The molecular formula is C40H14BF20NO. The summed E-state index contributed by atoms with van der Waals surface area (Å²) in [6.07, 6.45) is -7.22. The second-order valence-corrected chi connectivity index (χ2v) is 13.1. The molecule has 23 heteroatoms. The first-order chi connectivity index (χ1) is 29.5. The Kier molecular flexibility index (Phi) is 12.2. The Balaban J connectivity index is 0.000000302. The monoisotopic (exact) mass is 915 g/mol. The van der Waals surface area contributed by atoms with Gasteiger partial charge < -0.3 is 5.11 Å². The van der Waals surface area contributed by atoms with E-state index < -0.39 is 144 Å². The van der Waals surface area contributed by atoms with Crippen molar-refractivity contribution in [2.24, 2.45) is 0 Å². The molecule has 1 aromatic heterocycles. The normalized spacial score (nSPS) is 11.6. The highest BCUT2D eigenvalue weighted by atomic mass is 19.2. The number of aromatic hydroxyl groups is 1. The van der Waals surface area contributed by atoms with Crippen LogP contribution in [-0.2, 0) is 6.54 Å². The van der Waals surface area contributed by atoms with Crippen LogP contribution < -0.4 is 26.4 Å². The number of hydrogen-bond acceptors (Lipinski definition) is 1. The Morgan fingerprint density at radius 2 is 0.587 bits per heavy atom. The molecule has 0 spiro atoms. The van der Waals surface area contributed by atoms with Gasteiger partial charge in [0.15, 0.2) is 76.4 Å². The van der Waals surface area contributed by atoms with Crippen LogP contribution >= 0.6 is 0 Å². The van der Waals surface area contributed by atoms with Crippen LogP contribution in [0.5, 0.6) is 5.88 Å². The van der Waals surface area contributed by atoms with E-state index in [1.165, 1.54) is 5.56 Å². The molecule has 1 N–H and O–H groups in total. The first-order valence-corrected chi connectivity index (χ1v) is 16.9. The molecule has 2 nitrogen and oxygen atoms in total. The summed E-state index contributed by atoms with van der Waals surface area (Å²) in [4.78, 5) is 0. The zero-order valence-corrected chi connectivity index (χ0v) is 30.1. The molecule has 0 radical (unpaired) electrons. The number of nitrogens with zero attached hydrogens (tertiary/aromatic N) is 1. The van der Waals surface area contributed by atoms with Gasteiger partial charge in [0.2, 0.25) is 5.52 Å². The number of halogens is 20. The van der Waals surface area contributed by atoms with Gasteiger partial charge in [0.1, 0.15) is 52.7 Å². The van der Waals surface area contributed by atoms with Crippen LogP contribution in [0.3, 0.4) is 0 Å². The molecule has 0 aliphatic heterocycles. The lowest BCUT2D eigenvalue weighted by atomic mass is 9.12. The fourth-order valence-electron chi connectivity index (χ4n) is 7.06. The van der Waals surface area contributed by atoms with Crippen molar-refractivity contribution in [1.29, 1.82) is 0 Å². The Morgan fingerprint density at radius 1 is 0.317 bits per heavy atom.